The lowest BCUT2D eigenvalue weighted by Gasteiger charge is -2.34. The lowest BCUT2D eigenvalue weighted by atomic mass is 10.1. The Bertz CT molecular complexity index is 1240. The van der Waals surface area contributed by atoms with Crippen molar-refractivity contribution in [1.29, 1.82) is 0 Å². The molecule has 0 saturated carbocycles. The second kappa shape index (κ2) is 7.43. The molecule has 176 valence electrons. The molecule has 0 aliphatic carbocycles. The average Bonchev–Trinajstić information content (AvgIpc) is 3.45. The van der Waals surface area contributed by atoms with E-state index in [0.717, 1.165) is 23.1 Å². The first-order valence-electron chi connectivity index (χ1n) is 10.2. The van der Waals surface area contributed by atoms with Gasteiger partial charge in [0.25, 0.3) is 11.6 Å². The van der Waals surface area contributed by atoms with Gasteiger partial charge in [0.1, 0.15) is 6.04 Å². The second-order valence-electron chi connectivity index (χ2n) is 8.20. The zero-order chi connectivity index (χ0) is 24.4. The summed E-state index contributed by atoms with van der Waals surface area (Å²) in [4.78, 5) is 52.8. The SMILES string of the molecule is O=C1[C@H]2[C@H]3CC(CN3C(=O)Nc3cccc([N+](=O)[O-])c3)N2C(=O)N1c1cccc(C(F)(F)F)c1. The number of fused-ring (bicyclic) bond motifs is 5. The molecule has 2 bridgehead atoms. The van der Waals surface area contributed by atoms with Crippen LogP contribution in [0.1, 0.15) is 12.0 Å². The lowest BCUT2D eigenvalue weighted by molar-refractivity contribution is -0.384. The zero-order valence-electron chi connectivity index (χ0n) is 17.2. The van der Waals surface area contributed by atoms with Crippen molar-refractivity contribution >= 4 is 35.0 Å². The number of non-ortho nitro benzene ring substituents is 1. The van der Waals surface area contributed by atoms with Crippen molar-refractivity contribution in [2.24, 2.45) is 0 Å². The Hall–Kier alpha value is -4.16. The number of likely N-dealkylation sites (tertiary alicyclic amines) is 1. The Labute approximate surface area is 189 Å². The van der Waals surface area contributed by atoms with Gasteiger partial charge in [0, 0.05) is 24.4 Å². The van der Waals surface area contributed by atoms with Crippen LogP contribution in [-0.2, 0) is 11.0 Å². The standard InChI is InChI=1S/C21H16F3N5O5/c22-21(23,24)11-3-1-5-13(7-11)28-18(30)17-16-9-15(27(17)20(28)32)10-26(16)19(31)25-12-4-2-6-14(8-12)29(33)34/h1-8,15-17H,9-10H2,(H,25,31)/t15?,16-,17-/m1/s1. The highest BCUT2D eigenvalue weighted by Crippen LogP contribution is 2.43. The van der Waals surface area contributed by atoms with Gasteiger partial charge in [0.05, 0.1) is 28.3 Å². The molecule has 0 radical (unpaired) electrons. The molecule has 34 heavy (non-hydrogen) atoms. The molecule has 10 nitrogen and oxygen atoms in total. The van der Waals surface area contributed by atoms with Crippen molar-refractivity contribution in [1.82, 2.24) is 9.80 Å². The molecule has 2 aromatic rings. The second-order valence-corrected chi connectivity index (χ2v) is 8.20. The number of nitrogens with zero attached hydrogens (tertiary/aromatic N) is 4. The molecule has 3 fully saturated rings. The molecular formula is C21H16F3N5O5. The normalized spacial score (nSPS) is 23.5. The van der Waals surface area contributed by atoms with E-state index in [0.29, 0.717) is 6.42 Å². The van der Waals surface area contributed by atoms with Crippen LogP contribution in [0.3, 0.4) is 0 Å². The summed E-state index contributed by atoms with van der Waals surface area (Å²) < 4.78 is 39.3. The molecule has 5 rings (SSSR count). The third kappa shape index (κ3) is 3.31. The van der Waals surface area contributed by atoms with Crippen LogP contribution in [0.4, 0.5) is 39.8 Å². The van der Waals surface area contributed by atoms with E-state index < -0.39 is 52.8 Å². The number of carbonyl (C=O) groups excluding carboxylic acids is 3. The summed E-state index contributed by atoms with van der Waals surface area (Å²) in [6.45, 7) is 0.122. The molecule has 2 aromatic carbocycles. The molecular weight excluding hydrogens is 459 g/mol. The van der Waals surface area contributed by atoms with Crippen molar-refractivity contribution in [3.63, 3.8) is 0 Å². The quantitative estimate of drug-likeness (QED) is 0.415. The number of hydrogen-bond donors (Lipinski definition) is 1. The minimum absolute atomic E-state index is 0.122. The molecule has 1 unspecified atom stereocenters. The molecule has 13 heteroatoms. The summed E-state index contributed by atoms with van der Waals surface area (Å²) in [7, 11) is 0. The Morgan fingerprint density at radius 1 is 1.12 bits per heavy atom. The largest absolute Gasteiger partial charge is 0.416 e. The van der Waals surface area contributed by atoms with Crippen molar-refractivity contribution in [3.05, 3.63) is 64.2 Å². The molecule has 3 heterocycles. The molecule has 0 spiro atoms. The van der Waals surface area contributed by atoms with Crippen LogP contribution in [0.5, 0.6) is 0 Å². The summed E-state index contributed by atoms with van der Waals surface area (Å²) in [5.41, 5.74) is -1.19. The highest BCUT2D eigenvalue weighted by molar-refractivity contribution is 6.22. The number of anilines is 2. The van der Waals surface area contributed by atoms with Gasteiger partial charge in [0.15, 0.2) is 0 Å². The fraction of sp³-hybridized carbons (Fsp3) is 0.286. The molecule has 3 aliphatic rings. The van der Waals surface area contributed by atoms with Crippen LogP contribution < -0.4 is 10.2 Å². The van der Waals surface area contributed by atoms with E-state index in [-0.39, 0.29) is 23.6 Å². The highest BCUT2D eigenvalue weighted by Gasteiger charge is 2.63. The summed E-state index contributed by atoms with van der Waals surface area (Å²) in [5, 5.41) is 13.5. The summed E-state index contributed by atoms with van der Waals surface area (Å²) in [5.74, 6) is -0.704. The fourth-order valence-electron chi connectivity index (χ4n) is 4.84. The topological polar surface area (TPSA) is 116 Å². The monoisotopic (exact) mass is 475 g/mol. The molecule has 3 saturated heterocycles. The number of urea groups is 2. The number of nitro groups is 1. The first-order chi connectivity index (χ1) is 16.1. The summed E-state index contributed by atoms with van der Waals surface area (Å²) >= 11 is 0. The molecule has 3 atom stereocenters. The number of rotatable bonds is 3. The molecule has 1 N–H and O–H groups in total. The van der Waals surface area contributed by atoms with Crippen LogP contribution >= 0.6 is 0 Å². The maximum atomic E-state index is 13.1. The van der Waals surface area contributed by atoms with E-state index in [1.165, 1.54) is 40.1 Å². The number of nitro benzene ring substituents is 1. The lowest BCUT2D eigenvalue weighted by Crippen LogP contribution is -2.55. The van der Waals surface area contributed by atoms with Gasteiger partial charge in [-0.3, -0.25) is 14.9 Å². The van der Waals surface area contributed by atoms with Crippen LogP contribution in [0.15, 0.2) is 48.5 Å². The third-order valence-corrected chi connectivity index (χ3v) is 6.27. The number of benzene rings is 2. The van der Waals surface area contributed by atoms with Crippen molar-refractivity contribution in [2.45, 2.75) is 30.7 Å². The number of halogens is 3. The Kier molecular flexibility index (Phi) is 4.74. The van der Waals surface area contributed by atoms with Crippen LogP contribution in [-0.4, -0.2) is 57.4 Å². The molecule has 0 aromatic heterocycles. The van der Waals surface area contributed by atoms with E-state index >= 15 is 0 Å². The first kappa shape index (κ1) is 21.7. The van der Waals surface area contributed by atoms with E-state index in [1.807, 2.05) is 0 Å². The number of amides is 5. The van der Waals surface area contributed by atoms with Crippen LogP contribution in [0.2, 0.25) is 0 Å². The summed E-state index contributed by atoms with van der Waals surface area (Å²) in [6.07, 6.45) is -4.29. The molecule has 5 amide bonds. The number of imide groups is 1. The number of alkyl halides is 3. The first-order valence-corrected chi connectivity index (χ1v) is 10.2. The van der Waals surface area contributed by atoms with Gasteiger partial charge in [-0.05, 0) is 30.7 Å². The highest BCUT2D eigenvalue weighted by atomic mass is 19.4. The van der Waals surface area contributed by atoms with Gasteiger partial charge in [-0.1, -0.05) is 12.1 Å². The van der Waals surface area contributed by atoms with Gasteiger partial charge in [-0.15, -0.1) is 0 Å². The van der Waals surface area contributed by atoms with E-state index in [4.69, 9.17) is 0 Å². The predicted molar refractivity (Wildman–Crippen MR) is 111 cm³/mol. The van der Waals surface area contributed by atoms with Crippen molar-refractivity contribution < 1.29 is 32.5 Å². The Morgan fingerprint density at radius 3 is 2.56 bits per heavy atom. The Morgan fingerprint density at radius 2 is 1.85 bits per heavy atom. The zero-order valence-corrected chi connectivity index (χ0v) is 17.2. The van der Waals surface area contributed by atoms with E-state index in [9.17, 15) is 37.7 Å². The number of carbonyl (C=O) groups is 3. The third-order valence-electron chi connectivity index (χ3n) is 6.27. The molecule has 3 aliphatic heterocycles. The smallest absolute Gasteiger partial charge is 0.317 e. The average molecular weight is 475 g/mol. The van der Waals surface area contributed by atoms with Crippen molar-refractivity contribution in [2.75, 3.05) is 16.8 Å². The van der Waals surface area contributed by atoms with Gasteiger partial charge in [0.2, 0.25) is 0 Å². The van der Waals surface area contributed by atoms with E-state index in [1.54, 1.807) is 0 Å². The van der Waals surface area contributed by atoms with Gasteiger partial charge >= 0.3 is 18.2 Å². The van der Waals surface area contributed by atoms with Crippen LogP contribution in [0, 0.1) is 10.1 Å². The Balaban J connectivity index is 1.37. The number of piperazine rings is 1. The summed E-state index contributed by atoms with van der Waals surface area (Å²) in [6, 6.07) is 5.85. The van der Waals surface area contributed by atoms with Gasteiger partial charge in [-0.2, -0.15) is 13.2 Å². The maximum absolute atomic E-state index is 13.1. The fourth-order valence-corrected chi connectivity index (χ4v) is 4.84. The van der Waals surface area contributed by atoms with Crippen molar-refractivity contribution in [3.8, 4) is 0 Å². The van der Waals surface area contributed by atoms with E-state index in [2.05, 4.69) is 5.32 Å². The van der Waals surface area contributed by atoms with Gasteiger partial charge in [-0.25, -0.2) is 14.5 Å². The number of hydrogen-bond acceptors (Lipinski definition) is 5. The van der Waals surface area contributed by atoms with Crippen LogP contribution in [0.25, 0.3) is 0 Å². The minimum Gasteiger partial charge on any atom is -0.317 e. The minimum atomic E-state index is -4.64. The maximum Gasteiger partial charge on any atom is 0.416 e. The van der Waals surface area contributed by atoms with Gasteiger partial charge < -0.3 is 15.1 Å². The number of nitrogens with one attached hydrogen (secondary N) is 1. The predicted octanol–water partition coefficient (Wildman–Crippen LogP) is 3.44.